The molecule has 112 valence electrons. The summed E-state index contributed by atoms with van der Waals surface area (Å²) in [5.74, 6) is 0. The minimum Gasteiger partial charge on any atom is -0.326 e. The topological polar surface area (TPSA) is 42.2 Å². The standard InChI is InChI=1S/C17H29N3/c1-4-17(5-2)9-12-20(13-10-17)16(14(3)18)15-8-6-7-11-19-15/h6-8,11,14,16H,4-5,9-10,12-13,18H2,1-3H3. The van der Waals surface area contributed by atoms with E-state index in [-0.39, 0.29) is 12.1 Å². The molecule has 1 aliphatic rings. The summed E-state index contributed by atoms with van der Waals surface area (Å²) in [7, 11) is 0. The Morgan fingerprint density at radius 1 is 1.25 bits per heavy atom. The molecule has 2 rings (SSSR count). The molecule has 1 aromatic rings. The second-order valence-electron chi connectivity index (χ2n) is 6.30. The summed E-state index contributed by atoms with van der Waals surface area (Å²) in [4.78, 5) is 7.07. The van der Waals surface area contributed by atoms with Crippen LogP contribution in [-0.2, 0) is 0 Å². The predicted octanol–water partition coefficient (Wildman–Crippen LogP) is 3.37. The zero-order valence-corrected chi connectivity index (χ0v) is 13.2. The van der Waals surface area contributed by atoms with Gasteiger partial charge in [0.2, 0.25) is 0 Å². The van der Waals surface area contributed by atoms with Crippen molar-refractivity contribution in [3.8, 4) is 0 Å². The second kappa shape index (κ2) is 6.68. The van der Waals surface area contributed by atoms with Gasteiger partial charge in [-0.05, 0) is 50.4 Å². The zero-order valence-electron chi connectivity index (χ0n) is 13.2. The first-order chi connectivity index (χ1) is 9.62. The number of aromatic nitrogens is 1. The number of pyridine rings is 1. The molecule has 0 spiro atoms. The highest BCUT2D eigenvalue weighted by Gasteiger charge is 2.35. The summed E-state index contributed by atoms with van der Waals surface area (Å²) in [6, 6.07) is 6.50. The van der Waals surface area contributed by atoms with Gasteiger partial charge in [-0.15, -0.1) is 0 Å². The third-order valence-electron chi connectivity index (χ3n) is 5.24. The van der Waals surface area contributed by atoms with Crippen molar-refractivity contribution in [1.82, 2.24) is 9.88 Å². The van der Waals surface area contributed by atoms with Gasteiger partial charge in [0, 0.05) is 12.2 Å². The molecule has 0 amide bonds. The SMILES string of the molecule is CCC1(CC)CCN(C(c2ccccn2)C(C)N)CC1. The average molecular weight is 275 g/mol. The van der Waals surface area contributed by atoms with E-state index in [0.717, 1.165) is 18.8 Å². The van der Waals surface area contributed by atoms with Gasteiger partial charge >= 0.3 is 0 Å². The van der Waals surface area contributed by atoms with E-state index in [4.69, 9.17) is 5.73 Å². The summed E-state index contributed by atoms with van der Waals surface area (Å²) in [6.07, 6.45) is 7.04. The van der Waals surface area contributed by atoms with E-state index in [1.165, 1.54) is 25.7 Å². The first-order valence-corrected chi connectivity index (χ1v) is 8.02. The smallest absolute Gasteiger partial charge is 0.0670 e. The van der Waals surface area contributed by atoms with Crippen LogP contribution >= 0.6 is 0 Å². The monoisotopic (exact) mass is 275 g/mol. The largest absolute Gasteiger partial charge is 0.326 e. The lowest BCUT2D eigenvalue weighted by molar-refractivity contribution is 0.0573. The molecule has 1 saturated heterocycles. The Morgan fingerprint density at radius 2 is 1.90 bits per heavy atom. The van der Waals surface area contributed by atoms with Crippen LogP contribution in [0.3, 0.4) is 0 Å². The van der Waals surface area contributed by atoms with Crippen molar-refractivity contribution in [2.24, 2.45) is 11.1 Å². The van der Waals surface area contributed by atoms with Gasteiger partial charge < -0.3 is 5.73 Å². The summed E-state index contributed by atoms with van der Waals surface area (Å²) >= 11 is 0. The number of piperidine rings is 1. The van der Waals surface area contributed by atoms with Crippen LogP contribution in [0.2, 0.25) is 0 Å². The summed E-state index contributed by atoms with van der Waals surface area (Å²) in [5.41, 5.74) is 7.92. The van der Waals surface area contributed by atoms with E-state index in [2.05, 4.69) is 42.8 Å². The maximum Gasteiger partial charge on any atom is 0.0670 e. The van der Waals surface area contributed by atoms with E-state index >= 15 is 0 Å². The molecule has 3 nitrogen and oxygen atoms in total. The van der Waals surface area contributed by atoms with E-state index < -0.39 is 0 Å². The minimum atomic E-state index is 0.112. The third kappa shape index (κ3) is 3.21. The maximum atomic E-state index is 6.25. The highest BCUT2D eigenvalue weighted by Crippen LogP contribution is 2.40. The summed E-state index contributed by atoms with van der Waals surface area (Å²) < 4.78 is 0. The number of rotatable bonds is 5. The number of hydrogen-bond donors (Lipinski definition) is 1. The van der Waals surface area contributed by atoms with Crippen molar-refractivity contribution in [2.75, 3.05) is 13.1 Å². The average Bonchev–Trinajstić information content (AvgIpc) is 2.49. The summed E-state index contributed by atoms with van der Waals surface area (Å²) in [6.45, 7) is 9.05. The molecule has 0 aromatic carbocycles. The normalized spacial score (nSPS) is 22.4. The van der Waals surface area contributed by atoms with Gasteiger partial charge in [-0.3, -0.25) is 9.88 Å². The molecule has 2 atom stereocenters. The predicted molar refractivity (Wildman–Crippen MR) is 84.4 cm³/mol. The number of likely N-dealkylation sites (tertiary alicyclic amines) is 1. The van der Waals surface area contributed by atoms with Gasteiger partial charge in [-0.1, -0.05) is 32.8 Å². The van der Waals surface area contributed by atoms with Crippen molar-refractivity contribution in [1.29, 1.82) is 0 Å². The molecule has 2 heterocycles. The van der Waals surface area contributed by atoms with Gasteiger partial charge in [-0.2, -0.15) is 0 Å². The van der Waals surface area contributed by atoms with Crippen LogP contribution in [0.15, 0.2) is 24.4 Å². The van der Waals surface area contributed by atoms with Gasteiger partial charge in [-0.25, -0.2) is 0 Å². The van der Waals surface area contributed by atoms with E-state index in [1.54, 1.807) is 0 Å². The highest BCUT2D eigenvalue weighted by molar-refractivity contribution is 5.11. The van der Waals surface area contributed by atoms with Crippen LogP contribution in [-0.4, -0.2) is 29.0 Å². The van der Waals surface area contributed by atoms with Gasteiger partial charge in [0.25, 0.3) is 0 Å². The van der Waals surface area contributed by atoms with Crippen LogP contribution in [0.1, 0.15) is 58.2 Å². The molecule has 2 N–H and O–H groups in total. The lowest BCUT2D eigenvalue weighted by Gasteiger charge is -2.44. The lowest BCUT2D eigenvalue weighted by atomic mass is 9.74. The molecule has 0 radical (unpaired) electrons. The molecule has 0 saturated carbocycles. The van der Waals surface area contributed by atoms with Gasteiger partial charge in [0.1, 0.15) is 0 Å². The Kier molecular flexibility index (Phi) is 5.17. The van der Waals surface area contributed by atoms with Crippen LogP contribution in [0.25, 0.3) is 0 Å². The number of nitrogens with two attached hydrogens (primary N) is 1. The van der Waals surface area contributed by atoms with E-state index in [1.807, 2.05) is 12.3 Å². The molecule has 20 heavy (non-hydrogen) atoms. The third-order valence-corrected chi connectivity index (χ3v) is 5.24. The van der Waals surface area contributed by atoms with Crippen molar-refractivity contribution >= 4 is 0 Å². The maximum absolute atomic E-state index is 6.25. The molecule has 3 heteroatoms. The quantitative estimate of drug-likeness (QED) is 0.896. The van der Waals surface area contributed by atoms with Gasteiger partial charge in [0.05, 0.1) is 11.7 Å². The van der Waals surface area contributed by atoms with Crippen molar-refractivity contribution in [3.05, 3.63) is 30.1 Å². The highest BCUT2D eigenvalue weighted by atomic mass is 15.2. The minimum absolute atomic E-state index is 0.112. The van der Waals surface area contributed by atoms with Crippen LogP contribution in [0, 0.1) is 5.41 Å². The Hall–Kier alpha value is -0.930. The lowest BCUT2D eigenvalue weighted by Crippen LogP contribution is -2.46. The fourth-order valence-electron chi connectivity index (χ4n) is 3.57. The first kappa shape index (κ1) is 15.5. The summed E-state index contributed by atoms with van der Waals surface area (Å²) in [5, 5.41) is 0. The van der Waals surface area contributed by atoms with Crippen molar-refractivity contribution in [2.45, 2.75) is 58.5 Å². The Balaban J connectivity index is 2.10. The second-order valence-corrected chi connectivity index (χ2v) is 6.30. The fraction of sp³-hybridized carbons (Fsp3) is 0.706. The zero-order chi connectivity index (χ0) is 14.6. The number of hydrogen-bond acceptors (Lipinski definition) is 3. The Labute approximate surface area is 123 Å². The first-order valence-electron chi connectivity index (χ1n) is 8.02. The molecular weight excluding hydrogens is 246 g/mol. The Morgan fingerprint density at radius 3 is 2.35 bits per heavy atom. The molecule has 1 fully saturated rings. The van der Waals surface area contributed by atoms with E-state index in [0.29, 0.717) is 5.41 Å². The molecule has 0 bridgehead atoms. The molecule has 1 aromatic heterocycles. The molecule has 2 unspecified atom stereocenters. The number of nitrogens with zero attached hydrogens (tertiary/aromatic N) is 2. The van der Waals surface area contributed by atoms with Crippen molar-refractivity contribution < 1.29 is 0 Å². The fourth-order valence-corrected chi connectivity index (χ4v) is 3.57. The van der Waals surface area contributed by atoms with Crippen LogP contribution in [0.5, 0.6) is 0 Å². The van der Waals surface area contributed by atoms with Crippen molar-refractivity contribution in [3.63, 3.8) is 0 Å². The Bertz CT molecular complexity index is 388. The van der Waals surface area contributed by atoms with Crippen LogP contribution < -0.4 is 5.73 Å². The van der Waals surface area contributed by atoms with E-state index in [9.17, 15) is 0 Å². The molecule has 1 aliphatic heterocycles. The molecular formula is C17H29N3. The van der Waals surface area contributed by atoms with Crippen LogP contribution in [0.4, 0.5) is 0 Å². The molecule has 0 aliphatic carbocycles. The van der Waals surface area contributed by atoms with Gasteiger partial charge in [0.15, 0.2) is 0 Å².